The van der Waals surface area contributed by atoms with Crippen molar-refractivity contribution in [2.24, 2.45) is 0 Å². The SMILES string of the molecule is CCCCCC(Cl)CCOC. The van der Waals surface area contributed by atoms with Gasteiger partial charge in [0.15, 0.2) is 0 Å². The molecular formula is C9H19ClO. The minimum Gasteiger partial charge on any atom is -0.385 e. The van der Waals surface area contributed by atoms with Crippen molar-refractivity contribution in [3.63, 3.8) is 0 Å². The van der Waals surface area contributed by atoms with Gasteiger partial charge in [0.1, 0.15) is 0 Å². The van der Waals surface area contributed by atoms with Crippen LogP contribution in [0.4, 0.5) is 0 Å². The van der Waals surface area contributed by atoms with Gasteiger partial charge in [-0.3, -0.25) is 0 Å². The van der Waals surface area contributed by atoms with E-state index >= 15 is 0 Å². The topological polar surface area (TPSA) is 9.23 Å². The number of hydrogen-bond acceptors (Lipinski definition) is 1. The lowest BCUT2D eigenvalue weighted by molar-refractivity contribution is 0.193. The van der Waals surface area contributed by atoms with Crippen LogP contribution in [0.25, 0.3) is 0 Å². The summed E-state index contributed by atoms with van der Waals surface area (Å²) in [5.41, 5.74) is 0. The third kappa shape index (κ3) is 8.15. The molecule has 0 amide bonds. The van der Waals surface area contributed by atoms with Crippen molar-refractivity contribution < 1.29 is 4.74 Å². The third-order valence-corrected chi connectivity index (χ3v) is 2.19. The lowest BCUT2D eigenvalue weighted by Crippen LogP contribution is -2.02. The lowest BCUT2D eigenvalue weighted by Gasteiger charge is -2.07. The van der Waals surface area contributed by atoms with E-state index in [2.05, 4.69) is 6.92 Å². The highest BCUT2D eigenvalue weighted by molar-refractivity contribution is 6.20. The van der Waals surface area contributed by atoms with E-state index in [4.69, 9.17) is 16.3 Å². The minimum absolute atomic E-state index is 0.321. The van der Waals surface area contributed by atoms with Crippen LogP contribution in [0.5, 0.6) is 0 Å². The normalized spacial score (nSPS) is 13.4. The van der Waals surface area contributed by atoms with Gasteiger partial charge >= 0.3 is 0 Å². The molecule has 0 aromatic rings. The molecule has 1 unspecified atom stereocenters. The largest absolute Gasteiger partial charge is 0.385 e. The predicted octanol–water partition coefficient (Wildman–Crippen LogP) is 3.21. The Hall–Kier alpha value is 0.250. The van der Waals surface area contributed by atoms with Crippen molar-refractivity contribution in [2.75, 3.05) is 13.7 Å². The van der Waals surface area contributed by atoms with Crippen LogP contribution in [0.2, 0.25) is 0 Å². The van der Waals surface area contributed by atoms with Crippen molar-refractivity contribution in [1.29, 1.82) is 0 Å². The molecule has 0 aromatic heterocycles. The van der Waals surface area contributed by atoms with Gasteiger partial charge in [0.05, 0.1) is 0 Å². The highest BCUT2D eigenvalue weighted by atomic mass is 35.5. The third-order valence-electron chi connectivity index (χ3n) is 1.76. The van der Waals surface area contributed by atoms with Gasteiger partial charge in [0, 0.05) is 19.1 Å². The lowest BCUT2D eigenvalue weighted by atomic mass is 10.1. The molecule has 0 aliphatic rings. The summed E-state index contributed by atoms with van der Waals surface area (Å²) >= 11 is 6.02. The van der Waals surface area contributed by atoms with Gasteiger partial charge in [0.25, 0.3) is 0 Å². The van der Waals surface area contributed by atoms with Gasteiger partial charge in [-0.25, -0.2) is 0 Å². The first-order chi connectivity index (χ1) is 5.31. The first kappa shape index (κ1) is 11.2. The summed E-state index contributed by atoms with van der Waals surface area (Å²) in [5.74, 6) is 0. The average molecular weight is 179 g/mol. The van der Waals surface area contributed by atoms with Gasteiger partial charge in [-0.1, -0.05) is 26.2 Å². The molecule has 2 heteroatoms. The molecule has 0 aromatic carbocycles. The summed E-state index contributed by atoms with van der Waals surface area (Å²) in [7, 11) is 1.72. The van der Waals surface area contributed by atoms with Crippen LogP contribution < -0.4 is 0 Å². The Labute approximate surface area is 75.1 Å². The van der Waals surface area contributed by atoms with Crippen LogP contribution in [0, 0.1) is 0 Å². The molecule has 0 aliphatic carbocycles. The fourth-order valence-corrected chi connectivity index (χ4v) is 1.25. The molecule has 0 N–H and O–H groups in total. The maximum absolute atomic E-state index is 6.02. The Morgan fingerprint density at radius 3 is 2.55 bits per heavy atom. The molecule has 0 heterocycles. The Morgan fingerprint density at radius 2 is 2.00 bits per heavy atom. The van der Waals surface area contributed by atoms with Crippen molar-refractivity contribution in [2.45, 2.75) is 44.4 Å². The van der Waals surface area contributed by atoms with Gasteiger partial charge in [-0.2, -0.15) is 0 Å². The number of alkyl halides is 1. The molecule has 0 rings (SSSR count). The number of hydrogen-bond donors (Lipinski definition) is 0. The van der Waals surface area contributed by atoms with Crippen molar-refractivity contribution >= 4 is 11.6 Å². The standard InChI is InChI=1S/C9H19ClO/c1-3-4-5-6-9(10)7-8-11-2/h9H,3-8H2,1-2H3. The monoisotopic (exact) mass is 178 g/mol. The Morgan fingerprint density at radius 1 is 1.27 bits per heavy atom. The molecule has 0 fully saturated rings. The van der Waals surface area contributed by atoms with Crippen molar-refractivity contribution in [3.05, 3.63) is 0 Å². The van der Waals surface area contributed by atoms with E-state index in [1.807, 2.05) is 0 Å². The first-order valence-corrected chi connectivity index (χ1v) is 4.88. The van der Waals surface area contributed by atoms with E-state index in [-0.39, 0.29) is 0 Å². The summed E-state index contributed by atoms with van der Waals surface area (Å²) in [6.45, 7) is 3.00. The summed E-state index contributed by atoms with van der Waals surface area (Å²) < 4.78 is 4.93. The summed E-state index contributed by atoms with van der Waals surface area (Å²) in [5, 5.41) is 0.321. The number of ether oxygens (including phenoxy) is 1. The summed E-state index contributed by atoms with van der Waals surface area (Å²) in [4.78, 5) is 0. The first-order valence-electron chi connectivity index (χ1n) is 4.44. The van der Waals surface area contributed by atoms with Crippen LogP contribution in [-0.2, 0) is 4.74 Å². The summed E-state index contributed by atoms with van der Waals surface area (Å²) in [6, 6.07) is 0. The Bertz CT molecular complexity index is 76.0. The van der Waals surface area contributed by atoms with E-state index in [1.54, 1.807) is 7.11 Å². The Balaban J connectivity index is 3.02. The average Bonchev–Trinajstić information content (AvgIpc) is 2.01. The quantitative estimate of drug-likeness (QED) is 0.430. The van der Waals surface area contributed by atoms with E-state index in [0.717, 1.165) is 19.4 Å². The second kappa shape index (κ2) is 8.35. The van der Waals surface area contributed by atoms with Crippen molar-refractivity contribution in [1.82, 2.24) is 0 Å². The van der Waals surface area contributed by atoms with Crippen LogP contribution in [0.1, 0.15) is 39.0 Å². The van der Waals surface area contributed by atoms with Gasteiger partial charge in [-0.15, -0.1) is 11.6 Å². The Kier molecular flexibility index (Phi) is 8.54. The smallest absolute Gasteiger partial charge is 0.0476 e. The molecular weight excluding hydrogens is 160 g/mol. The number of unbranched alkanes of at least 4 members (excludes halogenated alkanes) is 2. The van der Waals surface area contributed by atoms with E-state index in [1.165, 1.54) is 19.3 Å². The van der Waals surface area contributed by atoms with Crippen molar-refractivity contribution in [3.8, 4) is 0 Å². The molecule has 68 valence electrons. The zero-order valence-corrected chi connectivity index (χ0v) is 8.36. The van der Waals surface area contributed by atoms with Crippen LogP contribution >= 0.6 is 11.6 Å². The molecule has 11 heavy (non-hydrogen) atoms. The fourth-order valence-electron chi connectivity index (χ4n) is 1.01. The molecule has 0 saturated heterocycles. The fraction of sp³-hybridized carbons (Fsp3) is 1.00. The molecule has 0 bridgehead atoms. The van der Waals surface area contributed by atoms with E-state index in [0.29, 0.717) is 5.38 Å². The molecule has 0 aliphatic heterocycles. The zero-order chi connectivity index (χ0) is 8.53. The van der Waals surface area contributed by atoms with Crippen LogP contribution in [0.3, 0.4) is 0 Å². The molecule has 0 radical (unpaired) electrons. The maximum atomic E-state index is 6.02. The summed E-state index contributed by atoms with van der Waals surface area (Å²) in [6.07, 6.45) is 5.96. The zero-order valence-electron chi connectivity index (χ0n) is 7.61. The second-order valence-corrected chi connectivity index (χ2v) is 3.49. The number of halogens is 1. The second-order valence-electron chi connectivity index (χ2n) is 2.87. The van der Waals surface area contributed by atoms with E-state index in [9.17, 15) is 0 Å². The van der Waals surface area contributed by atoms with Crippen LogP contribution in [-0.4, -0.2) is 19.1 Å². The predicted molar refractivity (Wildman–Crippen MR) is 50.3 cm³/mol. The molecule has 0 saturated carbocycles. The molecule has 1 atom stereocenters. The maximum Gasteiger partial charge on any atom is 0.0476 e. The molecule has 1 nitrogen and oxygen atoms in total. The highest BCUT2D eigenvalue weighted by Crippen LogP contribution is 2.12. The van der Waals surface area contributed by atoms with E-state index < -0.39 is 0 Å². The van der Waals surface area contributed by atoms with Crippen LogP contribution in [0.15, 0.2) is 0 Å². The van der Waals surface area contributed by atoms with Gasteiger partial charge < -0.3 is 4.74 Å². The minimum atomic E-state index is 0.321. The highest BCUT2D eigenvalue weighted by Gasteiger charge is 2.02. The van der Waals surface area contributed by atoms with Gasteiger partial charge in [0.2, 0.25) is 0 Å². The molecule has 0 spiro atoms. The number of rotatable bonds is 7. The van der Waals surface area contributed by atoms with Gasteiger partial charge in [-0.05, 0) is 12.8 Å². The number of methoxy groups -OCH3 is 1.